The minimum atomic E-state index is -0.390. The van der Waals surface area contributed by atoms with Gasteiger partial charge in [-0.2, -0.15) is 0 Å². The van der Waals surface area contributed by atoms with Gasteiger partial charge in [0.2, 0.25) is 0 Å². The first kappa shape index (κ1) is 10.2. The first-order valence-electron chi connectivity index (χ1n) is 3.54. The summed E-state index contributed by atoms with van der Waals surface area (Å²) in [6, 6.07) is 0. The molecule has 0 nitrogen and oxygen atoms in total. The van der Waals surface area contributed by atoms with Crippen molar-refractivity contribution in [3.05, 3.63) is 0 Å². The van der Waals surface area contributed by atoms with E-state index in [-0.39, 0.29) is 21.0 Å². The SMILES string of the molecule is CC1(Cl)CC(Cl)C(Cl)CC1Cl. The summed E-state index contributed by atoms with van der Waals surface area (Å²) in [5.74, 6) is 0. The molecule has 0 aromatic rings. The lowest BCUT2D eigenvalue weighted by atomic mass is 9.89. The Kier molecular flexibility index (Phi) is 3.25. The molecule has 0 amide bonds. The maximum Gasteiger partial charge on any atom is 0.0596 e. The molecule has 1 rings (SSSR count). The van der Waals surface area contributed by atoms with Crippen molar-refractivity contribution >= 4 is 46.4 Å². The predicted octanol–water partition coefficient (Wildman–Crippen LogP) is 3.60. The third-order valence-electron chi connectivity index (χ3n) is 2.07. The second-order valence-electron chi connectivity index (χ2n) is 3.22. The highest BCUT2D eigenvalue weighted by Gasteiger charge is 2.41. The molecule has 0 aromatic heterocycles. The van der Waals surface area contributed by atoms with E-state index in [0.717, 1.165) is 0 Å². The van der Waals surface area contributed by atoms with Gasteiger partial charge in [-0.25, -0.2) is 0 Å². The van der Waals surface area contributed by atoms with Crippen molar-refractivity contribution in [1.82, 2.24) is 0 Å². The summed E-state index contributed by atoms with van der Waals surface area (Å²) < 4.78 is 0. The van der Waals surface area contributed by atoms with Crippen LogP contribution >= 0.6 is 46.4 Å². The van der Waals surface area contributed by atoms with Crippen LogP contribution in [0.15, 0.2) is 0 Å². The molecular formula is C7H10Cl4. The molecule has 4 heteroatoms. The Morgan fingerprint density at radius 1 is 1.18 bits per heavy atom. The molecule has 1 aliphatic carbocycles. The monoisotopic (exact) mass is 234 g/mol. The van der Waals surface area contributed by atoms with Gasteiger partial charge in [0.05, 0.1) is 21.0 Å². The smallest absolute Gasteiger partial charge is 0.0596 e. The van der Waals surface area contributed by atoms with Crippen LogP contribution in [0.3, 0.4) is 0 Å². The van der Waals surface area contributed by atoms with Crippen LogP contribution in [-0.4, -0.2) is 21.0 Å². The lowest BCUT2D eigenvalue weighted by Gasteiger charge is -2.37. The molecule has 4 atom stereocenters. The van der Waals surface area contributed by atoms with E-state index in [2.05, 4.69) is 0 Å². The minimum absolute atomic E-state index is 0.0361. The van der Waals surface area contributed by atoms with Gasteiger partial charge in [0.25, 0.3) is 0 Å². The highest BCUT2D eigenvalue weighted by Crippen LogP contribution is 2.41. The molecule has 1 saturated carbocycles. The van der Waals surface area contributed by atoms with Gasteiger partial charge >= 0.3 is 0 Å². The Labute approximate surface area is 87.1 Å². The standard InChI is InChI=1S/C7H10Cl4/c1-7(11)3-5(9)4(8)2-6(7)10/h4-6H,2-3H2,1H3. The summed E-state index contributed by atoms with van der Waals surface area (Å²) in [6.07, 6.45) is 1.37. The van der Waals surface area contributed by atoms with Crippen molar-refractivity contribution in [3.8, 4) is 0 Å². The van der Waals surface area contributed by atoms with Crippen LogP contribution in [0.4, 0.5) is 0 Å². The average Bonchev–Trinajstić information content (AvgIpc) is 1.83. The second kappa shape index (κ2) is 3.49. The lowest BCUT2D eigenvalue weighted by Crippen LogP contribution is -2.42. The Morgan fingerprint density at radius 3 is 2.18 bits per heavy atom. The van der Waals surface area contributed by atoms with E-state index in [1.807, 2.05) is 6.92 Å². The fourth-order valence-electron chi connectivity index (χ4n) is 1.23. The average molecular weight is 236 g/mol. The maximum absolute atomic E-state index is 6.11. The topological polar surface area (TPSA) is 0 Å². The third kappa shape index (κ3) is 2.30. The molecule has 1 aliphatic rings. The Bertz CT molecular complexity index is 145. The van der Waals surface area contributed by atoms with Gasteiger partial charge in [0, 0.05) is 0 Å². The van der Waals surface area contributed by atoms with Gasteiger partial charge in [0.15, 0.2) is 0 Å². The lowest BCUT2D eigenvalue weighted by molar-refractivity contribution is 0.432. The highest BCUT2D eigenvalue weighted by atomic mass is 35.5. The summed E-state index contributed by atoms with van der Waals surface area (Å²) in [7, 11) is 0. The first-order valence-corrected chi connectivity index (χ1v) is 5.23. The number of halogens is 4. The predicted molar refractivity (Wildman–Crippen MR) is 52.4 cm³/mol. The fourth-order valence-corrected chi connectivity index (χ4v) is 2.63. The molecule has 11 heavy (non-hydrogen) atoms. The molecule has 0 aliphatic heterocycles. The van der Waals surface area contributed by atoms with E-state index < -0.39 is 0 Å². The molecule has 4 unspecified atom stereocenters. The van der Waals surface area contributed by atoms with Crippen LogP contribution in [0.2, 0.25) is 0 Å². The van der Waals surface area contributed by atoms with E-state index >= 15 is 0 Å². The first-order chi connectivity index (χ1) is 4.93. The summed E-state index contributed by atoms with van der Waals surface area (Å²) in [6.45, 7) is 1.91. The highest BCUT2D eigenvalue weighted by molar-refractivity contribution is 6.35. The number of hydrogen-bond donors (Lipinski definition) is 0. The molecule has 0 heterocycles. The van der Waals surface area contributed by atoms with Crippen LogP contribution in [0.25, 0.3) is 0 Å². The van der Waals surface area contributed by atoms with Gasteiger partial charge in [0.1, 0.15) is 0 Å². The van der Waals surface area contributed by atoms with E-state index in [4.69, 9.17) is 46.4 Å². The Morgan fingerprint density at radius 2 is 1.73 bits per heavy atom. The Balaban J connectivity index is 2.63. The maximum atomic E-state index is 6.11. The second-order valence-corrected chi connectivity index (χ2v) is 5.73. The van der Waals surface area contributed by atoms with Crippen molar-refractivity contribution < 1.29 is 0 Å². The van der Waals surface area contributed by atoms with Crippen molar-refractivity contribution in [2.24, 2.45) is 0 Å². The molecule has 1 fully saturated rings. The van der Waals surface area contributed by atoms with Crippen molar-refractivity contribution in [2.75, 3.05) is 0 Å². The summed E-state index contributed by atoms with van der Waals surface area (Å²) in [4.78, 5) is -0.390. The van der Waals surface area contributed by atoms with Crippen LogP contribution < -0.4 is 0 Å². The molecule has 0 bridgehead atoms. The molecule has 0 saturated heterocycles. The number of rotatable bonds is 0. The van der Waals surface area contributed by atoms with Crippen LogP contribution in [0.5, 0.6) is 0 Å². The number of alkyl halides is 4. The van der Waals surface area contributed by atoms with E-state index in [0.29, 0.717) is 12.8 Å². The summed E-state index contributed by atoms with van der Waals surface area (Å²) in [5, 5.41) is -0.151. The zero-order valence-electron chi connectivity index (χ0n) is 6.16. The van der Waals surface area contributed by atoms with Gasteiger partial charge in [-0.05, 0) is 19.8 Å². The van der Waals surface area contributed by atoms with Crippen LogP contribution in [0, 0.1) is 0 Å². The van der Waals surface area contributed by atoms with Crippen molar-refractivity contribution in [1.29, 1.82) is 0 Å². The molecule has 66 valence electrons. The summed E-state index contributed by atoms with van der Waals surface area (Å²) >= 11 is 24.0. The fraction of sp³-hybridized carbons (Fsp3) is 1.00. The van der Waals surface area contributed by atoms with Crippen LogP contribution in [0.1, 0.15) is 19.8 Å². The van der Waals surface area contributed by atoms with E-state index in [1.54, 1.807) is 0 Å². The third-order valence-corrected chi connectivity index (χ3v) is 4.33. The normalized spacial score (nSPS) is 52.6. The van der Waals surface area contributed by atoms with E-state index in [1.165, 1.54) is 0 Å². The minimum Gasteiger partial charge on any atom is -0.121 e. The van der Waals surface area contributed by atoms with Gasteiger partial charge < -0.3 is 0 Å². The van der Waals surface area contributed by atoms with Crippen molar-refractivity contribution in [3.63, 3.8) is 0 Å². The van der Waals surface area contributed by atoms with Gasteiger partial charge in [-0.15, -0.1) is 46.4 Å². The van der Waals surface area contributed by atoms with Crippen molar-refractivity contribution in [2.45, 2.75) is 40.8 Å². The van der Waals surface area contributed by atoms with Crippen LogP contribution in [-0.2, 0) is 0 Å². The molecule has 0 spiro atoms. The molecule has 0 N–H and O–H groups in total. The Hall–Kier alpha value is 1.16. The zero-order valence-corrected chi connectivity index (χ0v) is 9.18. The van der Waals surface area contributed by atoms with E-state index in [9.17, 15) is 0 Å². The van der Waals surface area contributed by atoms with Gasteiger partial charge in [-0.1, -0.05) is 0 Å². The quantitative estimate of drug-likeness (QED) is 0.563. The molecule has 0 aromatic carbocycles. The van der Waals surface area contributed by atoms with Gasteiger partial charge in [-0.3, -0.25) is 0 Å². The summed E-state index contributed by atoms with van der Waals surface area (Å²) in [5.41, 5.74) is 0. The number of hydrogen-bond acceptors (Lipinski definition) is 0. The largest absolute Gasteiger partial charge is 0.121 e. The molecular weight excluding hydrogens is 226 g/mol. The zero-order chi connectivity index (χ0) is 8.65. The molecule has 0 radical (unpaired) electrons.